The van der Waals surface area contributed by atoms with Crippen molar-refractivity contribution in [3.8, 4) is 11.8 Å². The van der Waals surface area contributed by atoms with Gasteiger partial charge in [-0.05, 0) is 30.3 Å². The number of rotatable bonds is 3. The number of benzene rings is 2. The number of thiol groups is 1. The highest BCUT2D eigenvalue weighted by molar-refractivity contribution is 7.80. The Hall–Kier alpha value is -2.52. The van der Waals surface area contributed by atoms with Crippen molar-refractivity contribution >= 4 is 24.2 Å². The smallest absolute Gasteiger partial charge is 0.255 e. The predicted octanol–water partition coefficient (Wildman–Crippen LogP) is 3.25. The summed E-state index contributed by atoms with van der Waals surface area (Å²) in [6.45, 7) is 0. The lowest BCUT2D eigenvalue weighted by Crippen LogP contribution is -2.14. The first-order valence-corrected chi connectivity index (χ1v) is 6.38. The van der Waals surface area contributed by atoms with E-state index in [0.717, 1.165) is 6.07 Å². The fraction of sp³-hybridized carbons (Fsp3) is 0.0667. The molecular weight excluding hydrogens is 291 g/mol. The normalized spacial score (nSPS) is 9.81. The molecule has 0 heterocycles. The number of carbonyl (C=O) groups excluding carboxylic acids is 1. The summed E-state index contributed by atoms with van der Waals surface area (Å²) < 4.78 is 18.3. The molecule has 0 bridgehead atoms. The van der Waals surface area contributed by atoms with E-state index in [1.54, 1.807) is 18.2 Å². The predicted molar refractivity (Wildman–Crippen MR) is 79.3 cm³/mol. The SMILES string of the molecule is COc1cccc(C#N)c1NC(=O)c1ccc(F)c(S)c1. The van der Waals surface area contributed by atoms with Crippen molar-refractivity contribution in [1.82, 2.24) is 0 Å². The van der Waals surface area contributed by atoms with Crippen LogP contribution in [-0.4, -0.2) is 13.0 Å². The number of nitrogens with one attached hydrogen (secondary N) is 1. The van der Waals surface area contributed by atoms with E-state index in [9.17, 15) is 9.18 Å². The molecule has 2 rings (SSSR count). The molecule has 0 unspecified atom stereocenters. The van der Waals surface area contributed by atoms with Crippen molar-refractivity contribution in [2.75, 3.05) is 12.4 Å². The topological polar surface area (TPSA) is 62.1 Å². The Morgan fingerprint density at radius 3 is 2.76 bits per heavy atom. The molecular formula is C15H11FN2O2S. The van der Waals surface area contributed by atoms with Gasteiger partial charge < -0.3 is 10.1 Å². The van der Waals surface area contributed by atoms with E-state index in [2.05, 4.69) is 17.9 Å². The van der Waals surface area contributed by atoms with Gasteiger partial charge >= 0.3 is 0 Å². The van der Waals surface area contributed by atoms with Crippen molar-refractivity contribution in [3.63, 3.8) is 0 Å². The second-order valence-corrected chi connectivity index (χ2v) is 4.60. The Morgan fingerprint density at radius 2 is 2.14 bits per heavy atom. The Kier molecular flexibility index (Phi) is 4.45. The molecule has 0 spiro atoms. The minimum Gasteiger partial charge on any atom is -0.495 e. The van der Waals surface area contributed by atoms with Gasteiger partial charge in [0.25, 0.3) is 5.91 Å². The van der Waals surface area contributed by atoms with Crippen LogP contribution in [0.25, 0.3) is 0 Å². The standard InChI is InChI=1S/C15H11FN2O2S/c1-20-12-4-2-3-10(8-17)14(12)18-15(19)9-5-6-11(16)13(21)7-9/h2-7,21H,1H3,(H,18,19). The van der Waals surface area contributed by atoms with Crippen molar-refractivity contribution < 1.29 is 13.9 Å². The molecule has 21 heavy (non-hydrogen) atoms. The second kappa shape index (κ2) is 6.29. The van der Waals surface area contributed by atoms with E-state index in [1.807, 2.05) is 6.07 Å². The van der Waals surface area contributed by atoms with Crippen LogP contribution in [0.3, 0.4) is 0 Å². The highest BCUT2D eigenvalue weighted by Crippen LogP contribution is 2.28. The lowest BCUT2D eigenvalue weighted by atomic mass is 10.1. The van der Waals surface area contributed by atoms with E-state index >= 15 is 0 Å². The number of anilines is 1. The number of nitriles is 1. The Labute approximate surface area is 126 Å². The molecule has 106 valence electrons. The van der Waals surface area contributed by atoms with Gasteiger partial charge in [-0.3, -0.25) is 4.79 Å². The first kappa shape index (κ1) is 14.9. The lowest BCUT2D eigenvalue weighted by Gasteiger charge is -2.11. The molecule has 6 heteroatoms. The van der Waals surface area contributed by atoms with Crippen LogP contribution in [-0.2, 0) is 0 Å². The van der Waals surface area contributed by atoms with Crippen LogP contribution < -0.4 is 10.1 Å². The van der Waals surface area contributed by atoms with Crippen LogP contribution in [0.5, 0.6) is 5.75 Å². The molecule has 4 nitrogen and oxygen atoms in total. The molecule has 0 fully saturated rings. The minimum atomic E-state index is -0.509. The maximum absolute atomic E-state index is 13.2. The summed E-state index contributed by atoms with van der Waals surface area (Å²) in [6, 6.07) is 10.6. The number of ether oxygens (including phenoxy) is 1. The molecule has 2 aromatic rings. The Bertz CT molecular complexity index is 741. The maximum Gasteiger partial charge on any atom is 0.255 e. The lowest BCUT2D eigenvalue weighted by molar-refractivity contribution is 0.102. The van der Waals surface area contributed by atoms with Crippen LogP contribution >= 0.6 is 12.6 Å². The highest BCUT2D eigenvalue weighted by Gasteiger charge is 2.14. The van der Waals surface area contributed by atoms with Crippen molar-refractivity contribution in [1.29, 1.82) is 5.26 Å². The number of hydrogen-bond donors (Lipinski definition) is 2. The Balaban J connectivity index is 2.36. The molecule has 1 N–H and O–H groups in total. The molecule has 0 aliphatic rings. The summed E-state index contributed by atoms with van der Waals surface area (Å²) in [5.41, 5.74) is 0.782. The van der Waals surface area contributed by atoms with Gasteiger partial charge in [0.1, 0.15) is 23.3 Å². The van der Waals surface area contributed by atoms with E-state index in [-0.39, 0.29) is 21.7 Å². The van der Waals surface area contributed by atoms with Crippen LogP contribution in [0.4, 0.5) is 10.1 Å². The number of carbonyl (C=O) groups is 1. The van der Waals surface area contributed by atoms with Gasteiger partial charge in [0, 0.05) is 10.5 Å². The third-order valence-corrected chi connectivity index (χ3v) is 3.16. The summed E-state index contributed by atoms with van der Waals surface area (Å²) in [6.07, 6.45) is 0. The van der Waals surface area contributed by atoms with Gasteiger partial charge in [0.15, 0.2) is 0 Å². The van der Waals surface area contributed by atoms with Gasteiger partial charge in [-0.15, -0.1) is 12.6 Å². The second-order valence-electron chi connectivity index (χ2n) is 4.11. The summed E-state index contributed by atoms with van der Waals surface area (Å²) >= 11 is 3.93. The average Bonchev–Trinajstić information content (AvgIpc) is 2.50. The highest BCUT2D eigenvalue weighted by atomic mass is 32.1. The number of nitrogens with zero attached hydrogens (tertiary/aromatic N) is 1. The third kappa shape index (κ3) is 3.15. The molecule has 0 aliphatic carbocycles. The van der Waals surface area contributed by atoms with E-state index in [0.29, 0.717) is 5.75 Å². The molecule has 0 aliphatic heterocycles. The van der Waals surface area contributed by atoms with Gasteiger partial charge in [-0.2, -0.15) is 5.26 Å². The first-order valence-electron chi connectivity index (χ1n) is 5.93. The molecule has 1 amide bonds. The van der Waals surface area contributed by atoms with Crippen LogP contribution in [0.1, 0.15) is 15.9 Å². The monoisotopic (exact) mass is 302 g/mol. The third-order valence-electron chi connectivity index (χ3n) is 2.81. The summed E-state index contributed by atoms with van der Waals surface area (Å²) in [7, 11) is 1.44. The molecule has 0 saturated heterocycles. The number of halogens is 1. The number of para-hydroxylation sites is 1. The minimum absolute atomic E-state index is 0.0724. The number of amides is 1. The van der Waals surface area contributed by atoms with Crippen LogP contribution in [0.15, 0.2) is 41.3 Å². The average molecular weight is 302 g/mol. The van der Waals surface area contributed by atoms with E-state index in [4.69, 9.17) is 10.00 Å². The summed E-state index contributed by atoms with van der Waals surface area (Å²) in [4.78, 5) is 12.3. The van der Waals surface area contributed by atoms with Gasteiger partial charge in [0.05, 0.1) is 12.7 Å². The maximum atomic E-state index is 13.2. The zero-order chi connectivity index (χ0) is 15.4. The van der Waals surface area contributed by atoms with E-state index in [1.165, 1.54) is 19.2 Å². The fourth-order valence-corrected chi connectivity index (χ4v) is 1.98. The van der Waals surface area contributed by atoms with Crippen LogP contribution in [0, 0.1) is 17.1 Å². The molecule has 0 saturated carbocycles. The number of hydrogen-bond acceptors (Lipinski definition) is 4. The Morgan fingerprint density at radius 1 is 1.38 bits per heavy atom. The van der Waals surface area contributed by atoms with Crippen molar-refractivity contribution in [2.45, 2.75) is 4.90 Å². The van der Waals surface area contributed by atoms with Crippen molar-refractivity contribution in [2.24, 2.45) is 0 Å². The zero-order valence-corrected chi connectivity index (χ0v) is 11.9. The molecule has 0 aromatic heterocycles. The quantitative estimate of drug-likeness (QED) is 0.856. The molecule has 0 atom stereocenters. The van der Waals surface area contributed by atoms with Crippen molar-refractivity contribution in [3.05, 3.63) is 53.3 Å². The summed E-state index contributed by atoms with van der Waals surface area (Å²) in [5, 5.41) is 11.7. The number of methoxy groups -OCH3 is 1. The first-order chi connectivity index (χ1) is 10.1. The van der Waals surface area contributed by atoms with Crippen LogP contribution in [0.2, 0.25) is 0 Å². The molecule has 0 radical (unpaired) electrons. The largest absolute Gasteiger partial charge is 0.495 e. The summed E-state index contributed by atoms with van der Waals surface area (Å²) in [5.74, 6) is -0.619. The van der Waals surface area contributed by atoms with Gasteiger partial charge in [-0.1, -0.05) is 6.07 Å². The molecule has 2 aromatic carbocycles. The fourth-order valence-electron chi connectivity index (χ4n) is 1.76. The van der Waals surface area contributed by atoms with Gasteiger partial charge in [-0.25, -0.2) is 4.39 Å². The zero-order valence-electron chi connectivity index (χ0n) is 11.1. The van der Waals surface area contributed by atoms with E-state index < -0.39 is 11.7 Å². The van der Waals surface area contributed by atoms with Gasteiger partial charge in [0.2, 0.25) is 0 Å².